The van der Waals surface area contributed by atoms with Gasteiger partial charge in [0.25, 0.3) is 0 Å². The highest BCUT2D eigenvalue weighted by molar-refractivity contribution is 6.01. The molecular weight excluding hydrogens is 535 g/mol. The van der Waals surface area contributed by atoms with Crippen LogP contribution in [0.25, 0.3) is 22.0 Å². The van der Waals surface area contributed by atoms with E-state index in [2.05, 4.69) is 75.1 Å². The van der Waals surface area contributed by atoms with Crippen LogP contribution < -0.4 is 14.4 Å². The number of methoxy groups -OCH3 is 2. The standard InChI is InChI=1S/C29H35N3O2.C2HF3O2/c1-8-14-32(18-22-12-13-25(33-6)26(17-22)34-7)29-24-11-9-10-23(28(24)30-31(29)5)27-20(3)15-19(2)16-21(27)4;3-2(4,5)1(6)7/h9-13,15-17H,8,14,18H2,1-7H3;(H,6,7). The zero-order valence-electron chi connectivity index (χ0n) is 24.4. The van der Waals surface area contributed by atoms with Crippen molar-refractivity contribution >= 4 is 22.7 Å². The van der Waals surface area contributed by atoms with Crippen LogP contribution in [0.5, 0.6) is 11.5 Å². The number of ether oxygens (including phenoxy) is 2. The minimum absolute atomic E-state index is 0.743. The molecule has 0 aliphatic rings. The van der Waals surface area contributed by atoms with E-state index in [1.54, 1.807) is 14.2 Å². The lowest BCUT2D eigenvalue weighted by Crippen LogP contribution is -2.26. The molecule has 3 aromatic carbocycles. The molecule has 4 aromatic rings. The van der Waals surface area contributed by atoms with E-state index >= 15 is 0 Å². The first-order chi connectivity index (χ1) is 19.3. The second-order valence-electron chi connectivity index (χ2n) is 9.84. The molecule has 0 unspecified atom stereocenters. The Labute approximate surface area is 238 Å². The molecule has 1 N–H and O–H groups in total. The molecule has 0 aliphatic heterocycles. The Morgan fingerprint density at radius 3 is 2.15 bits per heavy atom. The van der Waals surface area contributed by atoms with Crippen molar-refractivity contribution in [2.24, 2.45) is 7.05 Å². The number of carbonyl (C=O) groups is 1. The van der Waals surface area contributed by atoms with Crippen molar-refractivity contribution in [1.82, 2.24) is 9.78 Å². The van der Waals surface area contributed by atoms with E-state index in [4.69, 9.17) is 24.5 Å². The lowest BCUT2D eigenvalue weighted by atomic mass is 9.92. The molecule has 0 saturated carbocycles. The van der Waals surface area contributed by atoms with E-state index in [9.17, 15) is 13.2 Å². The first-order valence-corrected chi connectivity index (χ1v) is 13.1. The minimum Gasteiger partial charge on any atom is -0.493 e. The van der Waals surface area contributed by atoms with E-state index in [1.165, 1.54) is 38.8 Å². The molecule has 0 fully saturated rings. The number of carboxylic acid groups (broad SMARTS) is 1. The molecule has 7 nitrogen and oxygen atoms in total. The number of nitrogens with zero attached hydrogens (tertiary/aromatic N) is 3. The van der Waals surface area contributed by atoms with Crippen LogP contribution in [0, 0.1) is 20.8 Å². The summed E-state index contributed by atoms with van der Waals surface area (Å²) in [5, 5.41) is 13.3. The van der Waals surface area contributed by atoms with Crippen LogP contribution in [0.1, 0.15) is 35.6 Å². The molecule has 1 aromatic heterocycles. The van der Waals surface area contributed by atoms with Gasteiger partial charge in [0.2, 0.25) is 0 Å². The average Bonchev–Trinajstić information content (AvgIpc) is 3.24. The van der Waals surface area contributed by atoms with Crippen LogP contribution in [0.2, 0.25) is 0 Å². The van der Waals surface area contributed by atoms with Crippen LogP contribution in [0.4, 0.5) is 19.0 Å². The highest BCUT2D eigenvalue weighted by Crippen LogP contribution is 2.38. The van der Waals surface area contributed by atoms with Gasteiger partial charge in [-0.2, -0.15) is 18.3 Å². The van der Waals surface area contributed by atoms with Crippen molar-refractivity contribution in [3.8, 4) is 22.6 Å². The van der Waals surface area contributed by atoms with Crippen molar-refractivity contribution in [2.75, 3.05) is 25.7 Å². The van der Waals surface area contributed by atoms with Crippen molar-refractivity contribution in [3.63, 3.8) is 0 Å². The molecular formula is C31H36F3N3O4. The van der Waals surface area contributed by atoms with Gasteiger partial charge in [0.05, 0.1) is 14.2 Å². The summed E-state index contributed by atoms with van der Waals surface area (Å²) in [6.45, 7) is 10.4. The van der Waals surface area contributed by atoms with E-state index in [-0.39, 0.29) is 0 Å². The second-order valence-corrected chi connectivity index (χ2v) is 9.84. The number of hydrogen-bond acceptors (Lipinski definition) is 5. The lowest BCUT2D eigenvalue weighted by molar-refractivity contribution is -0.192. The summed E-state index contributed by atoms with van der Waals surface area (Å²) in [4.78, 5) is 11.3. The average molecular weight is 572 g/mol. The van der Waals surface area contributed by atoms with E-state index < -0.39 is 12.1 Å². The first-order valence-electron chi connectivity index (χ1n) is 13.1. The maximum atomic E-state index is 10.6. The van der Waals surface area contributed by atoms with Gasteiger partial charge in [0, 0.05) is 31.1 Å². The molecule has 1 heterocycles. The molecule has 0 atom stereocenters. The number of fused-ring (bicyclic) bond motifs is 1. The first kappa shape index (κ1) is 31.3. The molecule has 10 heteroatoms. The predicted molar refractivity (Wildman–Crippen MR) is 155 cm³/mol. The zero-order chi connectivity index (χ0) is 30.5. The molecule has 0 aliphatic carbocycles. The van der Waals surface area contributed by atoms with E-state index in [0.717, 1.165) is 42.3 Å². The number of anilines is 1. The Morgan fingerprint density at radius 2 is 1.61 bits per heavy atom. The van der Waals surface area contributed by atoms with Gasteiger partial charge in [-0.15, -0.1) is 0 Å². The quantitative estimate of drug-likeness (QED) is 0.240. The molecule has 0 spiro atoms. The third-order valence-electron chi connectivity index (χ3n) is 6.64. The van der Waals surface area contributed by atoms with Crippen LogP contribution in [-0.2, 0) is 18.4 Å². The summed E-state index contributed by atoms with van der Waals surface area (Å²) < 4.78 is 44.7. The third-order valence-corrected chi connectivity index (χ3v) is 6.64. The van der Waals surface area contributed by atoms with Crippen LogP contribution in [0.3, 0.4) is 0 Å². The largest absolute Gasteiger partial charge is 0.493 e. The zero-order valence-corrected chi connectivity index (χ0v) is 24.4. The normalized spacial score (nSPS) is 11.2. The topological polar surface area (TPSA) is 76.8 Å². The van der Waals surface area contributed by atoms with E-state index in [0.29, 0.717) is 0 Å². The van der Waals surface area contributed by atoms with Gasteiger partial charge >= 0.3 is 12.1 Å². The number of carboxylic acids is 1. The second kappa shape index (κ2) is 13.0. The number of benzene rings is 3. The van der Waals surface area contributed by atoms with Crippen molar-refractivity contribution in [2.45, 2.75) is 46.8 Å². The van der Waals surface area contributed by atoms with Gasteiger partial charge < -0.3 is 19.5 Å². The monoisotopic (exact) mass is 571 g/mol. The maximum Gasteiger partial charge on any atom is 0.490 e. The fraction of sp³-hybridized carbons (Fsp3) is 0.355. The van der Waals surface area contributed by atoms with Gasteiger partial charge in [0.1, 0.15) is 11.3 Å². The summed E-state index contributed by atoms with van der Waals surface area (Å²) in [5.74, 6) is -0.130. The van der Waals surface area contributed by atoms with Crippen molar-refractivity contribution in [3.05, 3.63) is 70.8 Å². The van der Waals surface area contributed by atoms with Crippen LogP contribution >= 0.6 is 0 Å². The molecule has 0 saturated heterocycles. The Hall–Kier alpha value is -4.21. The summed E-state index contributed by atoms with van der Waals surface area (Å²) in [7, 11) is 5.39. The number of aryl methyl sites for hydroxylation is 4. The molecule has 220 valence electrons. The number of halogens is 3. The van der Waals surface area contributed by atoms with Crippen molar-refractivity contribution < 1.29 is 32.5 Å². The van der Waals surface area contributed by atoms with Gasteiger partial charge in [0.15, 0.2) is 11.5 Å². The van der Waals surface area contributed by atoms with Crippen LogP contribution in [-0.4, -0.2) is 47.8 Å². The number of aliphatic carboxylic acids is 1. The Morgan fingerprint density at radius 1 is 1.00 bits per heavy atom. The van der Waals surface area contributed by atoms with Gasteiger partial charge in [-0.05, 0) is 67.6 Å². The number of rotatable bonds is 8. The summed E-state index contributed by atoms with van der Waals surface area (Å²) in [6.07, 6.45) is -4.05. The third kappa shape index (κ3) is 7.11. The number of alkyl halides is 3. The Balaban J connectivity index is 0.000000587. The Bertz CT molecular complexity index is 1510. The van der Waals surface area contributed by atoms with Gasteiger partial charge in [-0.1, -0.05) is 42.8 Å². The summed E-state index contributed by atoms with van der Waals surface area (Å²) in [5.41, 5.74) is 8.54. The smallest absolute Gasteiger partial charge is 0.490 e. The van der Waals surface area contributed by atoms with E-state index in [1.807, 2.05) is 17.8 Å². The molecule has 41 heavy (non-hydrogen) atoms. The van der Waals surface area contributed by atoms with Crippen molar-refractivity contribution in [1.29, 1.82) is 0 Å². The molecule has 4 rings (SSSR count). The minimum atomic E-state index is -5.08. The predicted octanol–water partition coefficient (Wildman–Crippen LogP) is 7.23. The van der Waals surface area contributed by atoms with Gasteiger partial charge in [-0.25, -0.2) is 4.79 Å². The lowest BCUT2D eigenvalue weighted by Gasteiger charge is -2.25. The SMILES string of the molecule is CCCN(Cc1ccc(OC)c(OC)c1)c1c2cccc(-c3c(C)cc(C)cc3C)c2nn1C.O=C(O)C(F)(F)F. The van der Waals surface area contributed by atoms with Gasteiger partial charge in [-0.3, -0.25) is 4.68 Å². The molecule has 0 amide bonds. The fourth-order valence-electron chi connectivity index (χ4n) is 5.11. The number of aromatic nitrogens is 2. The summed E-state index contributed by atoms with van der Waals surface area (Å²) in [6, 6.07) is 17.2. The highest BCUT2D eigenvalue weighted by atomic mass is 19.4. The Kier molecular flexibility index (Phi) is 9.91. The maximum absolute atomic E-state index is 10.6. The summed E-state index contributed by atoms with van der Waals surface area (Å²) >= 11 is 0. The number of hydrogen-bond donors (Lipinski definition) is 1. The fourth-order valence-corrected chi connectivity index (χ4v) is 5.11. The highest BCUT2D eigenvalue weighted by Gasteiger charge is 2.38. The van der Waals surface area contributed by atoms with Crippen LogP contribution in [0.15, 0.2) is 48.5 Å². The molecule has 0 radical (unpaired) electrons. The molecule has 0 bridgehead atoms.